The molecule has 1 heteroatoms. The van der Waals surface area contributed by atoms with Gasteiger partial charge < -0.3 is 0 Å². The van der Waals surface area contributed by atoms with E-state index in [0.717, 1.165) is 22.1 Å². The molecule has 16 heavy (non-hydrogen) atoms. The van der Waals surface area contributed by atoms with Gasteiger partial charge >= 0.3 is 0 Å². The lowest BCUT2D eigenvalue weighted by atomic mass is 10.0. The summed E-state index contributed by atoms with van der Waals surface area (Å²) in [4.78, 5) is 0. The second-order valence-corrected chi connectivity index (χ2v) is 4.69. The normalized spacial score (nSPS) is 15.1. The Morgan fingerprint density at radius 1 is 1.06 bits per heavy atom. The van der Waals surface area contributed by atoms with Crippen molar-refractivity contribution < 1.29 is 0 Å². The molecule has 1 aliphatic rings. The summed E-state index contributed by atoms with van der Waals surface area (Å²) in [6.07, 6.45) is 2.64. The van der Waals surface area contributed by atoms with E-state index in [9.17, 15) is 0 Å². The summed E-state index contributed by atoms with van der Waals surface area (Å²) < 4.78 is 0. The molecule has 0 bridgehead atoms. The van der Waals surface area contributed by atoms with Crippen LogP contribution < -0.4 is 0 Å². The second kappa shape index (κ2) is 3.95. The summed E-state index contributed by atoms with van der Waals surface area (Å²) in [7, 11) is 0. The van der Waals surface area contributed by atoms with Gasteiger partial charge in [0.25, 0.3) is 0 Å². The van der Waals surface area contributed by atoms with Crippen molar-refractivity contribution in [1.82, 2.24) is 0 Å². The highest BCUT2D eigenvalue weighted by molar-refractivity contribution is 6.33. The molecule has 2 aromatic rings. The van der Waals surface area contributed by atoms with Gasteiger partial charge in [0.05, 0.1) is 0 Å². The number of rotatable bonds is 2. The molecule has 0 nitrogen and oxygen atoms in total. The Hall–Kier alpha value is -1.27. The van der Waals surface area contributed by atoms with Gasteiger partial charge in [0, 0.05) is 10.6 Å². The van der Waals surface area contributed by atoms with Crippen LogP contribution in [0.2, 0.25) is 5.02 Å². The molecule has 0 atom stereocenters. The quantitative estimate of drug-likeness (QED) is 0.699. The fourth-order valence-corrected chi connectivity index (χ4v) is 2.19. The molecule has 0 heterocycles. The van der Waals surface area contributed by atoms with E-state index in [4.69, 9.17) is 11.6 Å². The van der Waals surface area contributed by atoms with Crippen LogP contribution >= 0.6 is 11.6 Å². The van der Waals surface area contributed by atoms with Gasteiger partial charge in [-0.05, 0) is 48.1 Å². The third kappa shape index (κ3) is 1.85. The molecule has 3 rings (SSSR count). The third-order valence-corrected chi connectivity index (χ3v) is 3.37. The maximum Gasteiger partial charge on any atom is 0.0484 e. The molecule has 1 aliphatic carbocycles. The minimum atomic E-state index is 0.764. The Labute approximate surface area is 101 Å². The lowest BCUT2D eigenvalue weighted by Crippen LogP contribution is -1.82. The van der Waals surface area contributed by atoms with E-state index < -0.39 is 0 Å². The lowest BCUT2D eigenvalue weighted by molar-refractivity contribution is 1.13. The first-order valence-electron chi connectivity index (χ1n) is 5.61. The average Bonchev–Trinajstić information content (AvgIpc) is 3.14. The lowest BCUT2D eigenvalue weighted by Gasteiger charge is -2.05. The molecule has 0 saturated heterocycles. The molecule has 79 valence electrons. The van der Waals surface area contributed by atoms with E-state index in [1.54, 1.807) is 0 Å². The summed E-state index contributed by atoms with van der Waals surface area (Å²) >= 11 is 6.16. The SMILES string of the molecule is Clc1ccccc1-c1c[c]c(C2CC2)cc1. The topological polar surface area (TPSA) is 0 Å². The Morgan fingerprint density at radius 2 is 1.88 bits per heavy atom. The van der Waals surface area contributed by atoms with Crippen LogP contribution in [0.5, 0.6) is 0 Å². The van der Waals surface area contributed by atoms with Gasteiger partial charge in [0.15, 0.2) is 0 Å². The fraction of sp³-hybridized carbons (Fsp3) is 0.200. The van der Waals surface area contributed by atoms with E-state index in [-0.39, 0.29) is 0 Å². The van der Waals surface area contributed by atoms with Crippen molar-refractivity contribution in [1.29, 1.82) is 0 Å². The second-order valence-electron chi connectivity index (χ2n) is 4.29. The smallest absolute Gasteiger partial charge is 0.0484 e. The standard InChI is InChI=1S/C15H12Cl/c16-15-4-2-1-3-14(15)13-9-7-12(8-10-13)11-5-6-11/h1-4,7,9-11H,5-6H2. The molecule has 0 amide bonds. The van der Waals surface area contributed by atoms with Gasteiger partial charge in [-0.2, -0.15) is 0 Å². The van der Waals surface area contributed by atoms with Gasteiger partial charge in [-0.3, -0.25) is 0 Å². The molecule has 1 radical (unpaired) electrons. The minimum Gasteiger partial charge on any atom is -0.0837 e. The summed E-state index contributed by atoms with van der Waals surface area (Å²) in [5, 5.41) is 0.801. The average molecular weight is 228 g/mol. The van der Waals surface area contributed by atoms with Gasteiger partial charge in [0.2, 0.25) is 0 Å². The van der Waals surface area contributed by atoms with Gasteiger partial charge in [-0.1, -0.05) is 41.9 Å². The molecule has 1 fully saturated rings. The van der Waals surface area contributed by atoms with Crippen LogP contribution in [-0.4, -0.2) is 0 Å². The van der Waals surface area contributed by atoms with Gasteiger partial charge in [-0.15, -0.1) is 0 Å². The van der Waals surface area contributed by atoms with Crippen molar-refractivity contribution in [2.24, 2.45) is 0 Å². The first-order chi connectivity index (χ1) is 7.84. The number of benzene rings is 2. The van der Waals surface area contributed by atoms with E-state index in [1.807, 2.05) is 24.3 Å². The molecule has 0 unspecified atom stereocenters. The molecule has 0 aromatic heterocycles. The van der Waals surface area contributed by atoms with Crippen molar-refractivity contribution in [3.05, 3.63) is 59.1 Å². The third-order valence-electron chi connectivity index (χ3n) is 3.04. The zero-order valence-electron chi connectivity index (χ0n) is 8.91. The highest BCUT2D eigenvalue weighted by Gasteiger charge is 2.23. The van der Waals surface area contributed by atoms with Gasteiger partial charge in [-0.25, -0.2) is 0 Å². The highest BCUT2D eigenvalue weighted by Crippen LogP contribution is 2.40. The zero-order valence-corrected chi connectivity index (χ0v) is 9.67. The highest BCUT2D eigenvalue weighted by atomic mass is 35.5. The maximum atomic E-state index is 6.16. The monoisotopic (exact) mass is 227 g/mol. The van der Waals surface area contributed by atoms with Crippen LogP contribution in [-0.2, 0) is 0 Å². The molecular weight excluding hydrogens is 216 g/mol. The van der Waals surface area contributed by atoms with E-state index in [1.165, 1.54) is 18.4 Å². The molecule has 1 saturated carbocycles. The first-order valence-corrected chi connectivity index (χ1v) is 5.99. The maximum absolute atomic E-state index is 6.16. The summed E-state index contributed by atoms with van der Waals surface area (Å²) in [5.74, 6) is 0.764. The Bertz CT molecular complexity index is 495. The minimum absolute atomic E-state index is 0.764. The zero-order chi connectivity index (χ0) is 11.0. The van der Waals surface area contributed by atoms with Crippen molar-refractivity contribution in [3.8, 4) is 11.1 Å². The van der Waals surface area contributed by atoms with Crippen LogP contribution in [0.25, 0.3) is 11.1 Å². The van der Waals surface area contributed by atoms with Crippen molar-refractivity contribution in [2.45, 2.75) is 18.8 Å². The molecule has 0 N–H and O–H groups in total. The van der Waals surface area contributed by atoms with Crippen molar-refractivity contribution in [3.63, 3.8) is 0 Å². The number of hydrogen-bond donors (Lipinski definition) is 0. The van der Waals surface area contributed by atoms with E-state index in [2.05, 4.69) is 24.3 Å². The Morgan fingerprint density at radius 3 is 2.50 bits per heavy atom. The Balaban J connectivity index is 1.97. The van der Waals surface area contributed by atoms with Gasteiger partial charge in [0.1, 0.15) is 0 Å². The molecular formula is C15H12Cl. The molecule has 2 aromatic carbocycles. The Kier molecular flexibility index (Phi) is 2.45. The number of halogens is 1. The van der Waals surface area contributed by atoms with Crippen LogP contribution in [0, 0.1) is 6.07 Å². The van der Waals surface area contributed by atoms with Crippen LogP contribution in [0.3, 0.4) is 0 Å². The van der Waals surface area contributed by atoms with Crippen molar-refractivity contribution >= 4 is 11.6 Å². The predicted molar refractivity (Wildman–Crippen MR) is 67.7 cm³/mol. The van der Waals surface area contributed by atoms with Crippen molar-refractivity contribution in [2.75, 3.05) is 0 Å². The van der Waals surface area contributed by atoms with E-state index >= 15 is 0 Å². The predicted octanol–water partition coefficient (Wildman–Crippen LogP) is 4.68. The van der Waals surface area contributed by atoms with Crippen LogP contribution in [0.1, 0.15) is 24.3 Å². The van der Waals surface area contributed by atoms with Crippen LogP contribution in [0.4, 0.5) is 0 Å². The van der Waals surface area contributed by atoms with Crippen LogP contribution in [0.15, 0.2) is 42.5 Å². The largest absolute Gasteiger partial charge is 0.0837 e. The first kappa shape index (κ1) is 9.92. The molecule has 0 spiro atoms. The summed E-state index contributed by atoms with van der Waals surface area (Å²) in [6.45, 7) is 0. The molecule has 0 aliphatic heterocycles. The fourth-order valence-electron chi connectivity index (χ4n) is 1.95. The summed E-state index contributed by atoms with van der Waals surface area (Å²) in [5.41, 5.74) is 3.58. The summed E-state index contributed by atoms with van der Waals surface area (Å²) in [6, 6.07) is 17.7. The number of hydrogen-bond acceptors (Lipinski definition) is 0. The van der Waals surface area contributed by atoms with E-state index in [0.29, 0.717) is 0 Å².